The van der Waals surface area contributed by atoms with Gasteiger partial charge >= 0.3 is 0 Å². The van der Waals surface area contributed by atoms with Crippen molar-refractivity contribution in [2.45, 2.75) is 13.3 Å². The van der Waals surface area contributed by atoms with Crippen LogP contribution in [0, 0.1) is 19.3 Å². The molecule has 2 heterocycles. The molecule has 0 spiro atoms. The molecule has 0 saturated carbocycles. The van der Waals surface area contributed by atoms with Crippen LogP contribution < -0.4 is 15.8 Å². The molecule has 1 aromatic carbocycles. The molecule has 0 amide bonds. The van der Waals surface area contributed by atoms with Crippen LogP contribution in [0.15, 0.2) is 78.4 Å². The van der Waals surface area contributed by atoms with Gasteiger partial charge in [0.15, 0.2) is 0 Å². The fourth-order valence-electron chi connectivity index (χ4n) is 3.27. The van der Waals surface area contributed by atoms with Crippen LogP contribution in [0.3, 0.4) is 0 Å². The Labute approximate surface area is 170 Å². The predicted molar refractivity (Wildman–Crippen MR) is 118 cm³/mol. The first-order valence-corrected chi connectivity index (χ1v) is 9.43. The highest BCUT2D eigenvalue weighted by atomic mass is 16.5. The van der Waals surface area contributed by atoms with Crippen molar-refractivity contribution in [2.75, 3.05) is 17.6 Å². The number of nitrogens with zero attached hydrogens (tertiary/aromatic N) is 2. The van der Waals surface area contributed by atoms with Gasteiger partial charge in [0.1, 0.15) is 11.5 Å². The van der Waals surface area contributed by atoms with Gasteiger partial charge in [0.2, 0.25) is 0 Å². The van der Waals surface area contributed by atoms with Gasteiger partial charge in [0, 0.05) is 12.1 Å². The Kier molecular flexibility index (Phi) is 5.08. The molecule has 4 rings (SSSR count). The monoisotopic (exact) mass is 382 g/mol. The highest BCUT2D eigenvalue weighted by Gasteiger charge is 2.13. The lowest BCUT2D eigenvalue weighted by Gasteiger charge is -2.12. The van der Waals surface area contributed by atoms with Crippen molar-refractivity contribution in [3.05, 3.63) is 89.5 Å². The summed E-state index contributed by atoms with van der Waals surface area (Å²) in [5.74, 6) is 4.36. The minimum absolute atomic E-state index is 0.627. The number of ether oxygens (including phenoxy) is 1. The van der Waals surface area contributed by atoms with Crippen molar-refractivity contribution in [2.24, 2.45) is 0 Å². The van der Waals surface area contributed by atoms with E-state index in [1.807, 2.05) is 43.3 Å². The molecule has 1 aliphatic rings. The van der Waals surface area contributed by atoms with Crippen molar-refractivity contribution in [3.8, 4) is 18.1 Å². The molecule has 144 valence electrons. The molecule has 1 aliphatic carbocycles. The number of fused-ring (bicyclic) bond motifs is 1. The van der Waals surface area contributed by atoms with Crippen LogP contribution in [0.2, 0.25) is 0 Å². The molecule has 3 aromatic rings. The highest BCUT2D eigenvalue weighted by molar-refractivity contribution is 5.84. The van der Waals surface area contributed by atoms with Crippen LogP contribution >= 0.6 is 0 Å². The maximum Gasteiger partial charge on any atom is 0.127 e. The van der Waals surface area contributed by atoms with Gasteiger partial charge in [-0.25, -0.2) is 4.52 Å². The lowest BCUT2D eigenvalue weighted by molar-refractivity contribution is 0.443. The van der Waals surface area contributed by atoms with Gasteiger partial charge in [0.05, 0.1) is 34.8 Å². The number of aryl methyl sites for hydroxylation is 1. The number of allylic oxidation sites excluding steroid dienone is 3. The van der Waals surface area contributed by atoms with E-state index in [9.17, 15) is 0 Å². The van der Waals surface area contributed by atoms with Crippen LogP contribution in [-0.2, 0) is 0 Å². The zero-order chi connectivity index (χ0) is 20.2. The second-order valence-electron chi connectivity index (χ2n) is 6.80. The zero-order valence-corrected chi connectivity index (χ0v) is 16.2. The van der Waals surface area contributed by atoms with E-state index in [2.05, 4.69) is 34.6 Å². The molecule has 0 radical (unpaired) electrons. The smallest absolute Gasteiger partial charge is 0.127 e. The molecule has 5 heteroatoms. The van der Waals surface area contributed by atoms with Crippen molar-refractivity contribution in [1.29, 1.82) is 0 Å². The van der Waals surface area contributed by atoms with Gasteiger partial charge in [-0.15, -0.1) is 6.42 Å². The van der Waals surface area contributed by atoms with E-state index in [0.29, 0.717) is 17.8 Å². The Morgan fingerprint density at radius 1 is 1.24 bits per heavy atom. The summed E-state index contributed by atoms with van der Waals surface area (Å²) in [4.78, 5) is 0. The molecule has 0 saturated heterocycles. The van der Waals surface area contributed by atoms with Crippen molar-refractivity contribution >= 4 is 16.9 Å². The van der Waals surface area contributed by atoms with Gasteiger partial charge in [-0.1, -0.05) is 36.3 Å². The van der Waals surface area contributed by atoms with Crippen LogP contribution in [0.1, 0.15) is 17.5 Å². The average Bonchev–Trinajstić information content (AvgIpc) is 2.90. The lowest BCUT2D eigenvalue weighted by Crippen LogP contribution is -2.08. The Morgan fingerprint density at radius 2 is 2.07 bits per heavy atom. The largest absolute Gasteiger partial charge is 0.458 e. The van der Waals surface area contributed by atoms with Gasteiger partial charge in [-0.3, -0.25) is 0 Å². The number of para-hydroxylation sites is 1. The summed E-state index contributed by atoms with van der Waals surface area (Å²) < 4.78 is 7.69. The molecule has 0 aliphatic heterocycles. The third-order valence-corrected chi connectivity index (χ3v) is 4.86. The summed E-state index contributed by atoms with van der Waals surface area (Å²) in [6, 6.07) is 9.77. The summed E-state index contributed by atoms with van der Waals surface area (Å²) in [5.41, 5.74) is 11.3. The van der Waals surface area contributed by atoms with E-state index in [0.717, 1.165) is 40.3 Å². The average molecular weight is 382 g/mol. The van der Waals surface area contributed by atoms with Crippen LogP contribution in [-0.4, -0.2) is 16.2 Å². The maximum atomic E-state index is 6.07. The zero-order valence-electron chi connectivity index (χ0n) is 16.2. The number of nitrogen functional groups attached to an aromatic ring is 1. The summed E-state index contributed by atoms with van der Waals surface area (Å²) in [5, 5.41) is 7.84. The third kappa shape index (κ3) is 3.87. The Balaban J connectivity index is 1.51. The van der Waals surface area contributed by atoms with E-state index in [1.54, 1.807) is 16.9 Å². The van der Waals surface area contributed by atoms with E-state index in [-0.39, 0.29) is 0 Å². The van der Waals surface area contributed by atoms with E-state index < -0.39 is 0 Å². The second kappa shape index (κ2) is 7.99. The summed E-state index contributed by atoms with van der Waals surface area (Å²) in [7, 11) is 0. The molecule has 5 nitrogen and oxygen atoms in total. The number of hydrogen-bond donors (Lipinski definition) is 2. The van der Waals surface area contributed by atoms with Crippen LogP contribution in [0.4, 0.5) is 11.4 Å². The molecule has 0 fully saturated rings. The number of aromatic nitrogens is 2. The fraction of sp³-hybridized carbons (Fsp3) is 0.125. The molecule has 0 unspecified atom stereocenters. The number of benzene rings is 1. The quantitative estimate of drug-likeness (QED) is 0.639. The molecular weight excluding hydrogens is 360 g/mol. The number of terminal acetylenes is 1. The molecule has 2 aromatic heterocycles. The molecule has 0 bridgehead atoms. The van der Waals surface area contributed by atoms with E-state index in [4.69, 9.17) is 16.9 Å². The number of anilines is 2. The first kappa shape index (κ1) is 18.5. The first-order valence-electron chi connectivity index (χ1n) is 9.43. The standard InChI is InChI=1S/C24H22N4O/c1-3-19-15-27-28-16-22(25)17(2)24(28)23(19)26-14-18-8-7-11-21(13-12-18)29-20-9-5-4-6-10-20/h1,4-6,8-13,15-16,26H,7,14,25H2,2H3. The number of nitrogens with one attached hydrogen (secondary N) is 1. The van der Waals surface area contributed by atoms with E-state index in [1.165, 1.54) is 0 Å². The van der Waals surface area contributed by atoms with E-state index >= 15 is 0 Å². The number of hydrogen-bond acceptors (Lipinski definition) is 4. The van der Waals surface area contributed by atoms with Crippen LogP contribution in [0.5, 0.6) is 5.75 Å². The van der Waals surface area contributed by atoms with Crippen molar-refractivity contribution in [1.82, 2.24) is 9.61 Å². The fourth-order valence-corrected chi connectivity index (χ4v) is 3.27. The van der Waals surface area contributed by atoms with Gasteiger partial charge in [-0.2, -0.15) is 5.10 Å². The number of nitrogens with two attached hydrogens (primary N) is 1. The van der Waals surface area contributed by atoms with Crippen molar-refractivity contribution in [3.63, 3.8) is 0 Å². The Bertz CT molecular complexity index is 1180. The van der Waals surface area contributed by atoms with Gasteiger partial charge in [0.25, 0.3) is 0 Å². The van der Waals surface area contributed by atoms with Gasteiger partial charge in [-0.05, 0) is 43.2 Å². The lowest BCUT2D eigenvalue weighted by atomic mass is 10.1. The summed E-state index contributed by atoms with van der Waals surface area (Å²) >= 11 is 0. The minimum Gasteiger partial charge on any atom is -0.458 e. The molecule has 3 N–H and O–H groups in total. The summed E-state index contributed by atoms with van der Waals surface area (Å²) in [6.45, 7) is 2.60. The SMILES string of the molecule is C#Cc1cnn2cc(N)c(C)c2c1NCC1=CCC=C(Oc2ccccc2)C=C1. The Hall–Kier alpha value is -3.91. The second-order valence-corrected chi connectivity index (χ2v) is 6.80. The maximum absolute atomic E-state index is 6.07. The van der Waals surface area contributed by atoms with Crippen molar-refractivity contribution < 1.29 is 4.74 Å². The number of rotatable bonds is 5. The van der Waals surface area contributed by atoms with Gasteiger partial charge < -0.3 is 15.8 Å². The summed E-state index contributed by atoms with van der Waals surface area (Å²) in [6.07, 6.45) is 18.2. The molecular formula is C24H22N4O. The highest BCUT2D eigenvalue weighted by Crippen LogP contribution is 2.29. The third-order valence-electron chi connectivity index (χ3n) is 4.86. The molecule has 29 heavy (non-hydrogen) atoms. The predicted octanol–water partition coefficient (Wildman–Crippen LogP) is 4.47. The topological polar surface area (TPSA) is 64.6 Å². The minimum atomic E-state index is 0.627. The van der Waals surface area contributed by atoms with Crippen LogP contribution in [0.25, 0.3) is 5.52 Å². The molecule has 0 atom stereocenters. The normalized spacial score (nSPS) is 13.4. The Morgan fingerprint density at radius 3 is 2.86 bits per heavy atom. The first-order chi connectivity index (χ1) is 14.2.